The molecular weight excluding hydrogens is 369 g/mol. The molecule has 0 bridgehead atoms. The van der Waals surface area contributed by atoms with Crippen molar-refractivity contribution in [1.29, 1.82) is 0 Å². The van der Waals surface area contributed by atoms with Crippen LogP contribution in [0.1, 0.15) is 27.7 Å². The van der Waals surface area contributed by atoms with Gasteiger partial charge in [-0.05, 0) is 45.9 Å². The van der Waals surface area contributed by atoms with Crippen LogP contribution in [0.2, 0.25) is 0 Å². The summed E-state index contributed by atoms with van der Waals surface area (Å²) in [6.45, 7) is 7.72. The van der Waals surface area contributed by atoms with Crippen molar-refractivity contribution < 1.29 is 22.5 Å². The molecule has 1 saturated heterocycles. The van der Waals surface area contributed by atoms with Gasteiger partial charge >= 0.3 is 7.12 Å². The average Bonchev–Trinajstić information content (AvgIpc) is 2.76. The second-order valence-corrected chi connectivity index (χ2v) is 9.12. The predicted molar refractivity (Wildman–Crippen MR) is 103 cm³/mol. The van der Waals surface area contributed by atoms with Crippen molar-refractivity contribution in [3.8, 4) is 11.6 Å². The third-order valence-electron chi connectivity index (χ3n) is 4.54. The fourth-order valence-corrected chi connectivity index (χ4v) is 3.02. The van der Waals surface area contributed by atoms with Crippen LogP contribution >= 0.6 is 0 Å². The third kappa shape index (κ3) is 4.40. The van der Waals surface area contributed by atoms with Crippen LogP contribution < -0.4 is 14.9 Å². The fraction of sp³-hybridized carbons (Fsp3) is 0.412. The number of nitrogens with one attached hydrogen (secondary N) is 1. The molecule has 1 N–H and O–H groups in total. The maximum absolute atomic E-state index is 11.6. The minimum Gasteiger partial charge on any atom is -0.438 e. The van der Waals surface area contributed by atoms with Gasteiger partial charge in [-0.15, -0.1) is 0 Å². The van der Waals surface area contributed by atoms with E-state index in [2.05, 4.69) is 14.7 Å². The van der Waals surface area contributed by atoms with Crippen LogP contribution in [-0.4, -0.2) is 43.0 Å². The van der Waals surface area contributed by atoms with Gasteiger partial charge in [-0.2, -0.15) is 0 Å². The number of pyridine rings is 2. The predicted octanol–water partition coefficient (Wildman–Crippen LogP) is 1.94. The molecule has 2 aromatic rings. The Labute approximate surface area is 159 Å². The minimum absolute atomic E-state index is 0.251. The first-order valence-corrected chi connectivity index (χ1v) is 10.3. The van der Waals surface area contributed by atoms with E-state index in [1.807, 2.05) is 27.7 Å². The normalized spacial score (nSPS) is 18.3. The summed E-state index contributed by atoms with van der Waals surface area (Å²) < 4.78 is 43.5. The number of hydrogen-bond donors (Lipinski definition) is 1. The Morgan fingerprint density at radius 1 is 1.15 bits per heavy atom. The van der Waals surface area contributed by atoms with Crippen LogP contribution in [0.15, 0.2) is 36.8 Å². The van der Waals surface area contributed by atoms with Crippen molar-refractivity contribution in [3.05, 3.63) is 36.8 Å². The Morgan fingerprint density at radius 3 is 2.37 bits per heavy atom. The third-order valence-corrected chi connectivity index (χ3v) is 5.14. The summed E-state index contributed by atoms with van der Waals surface area (Å²) >= 11 is 0. The van der Waals surface area contributed by atoms with E-state index in [4.69, 9.17) is 14.0 Å². The topological polar surface area (TPSA) is 99.6 Å². The molecular formula is C17H22BN3O5S. The maximum atomic E-state index is 11.6. The van der Waals surface area contributed by atoms with Crippen LogP contribution in [0, 0.1) is 0 Å². The summed E-state index contributed by atoms with van der Waals surface area (Å²) in [4.78, 5) is 8.27. The highest BCUT2D eigenvalue weighted by Crippen LogP contribution is 2.37. The molecule has 27 heavy (non-hydrogen) atoms. The number of hydrogen-bond acceptors (Lipinski definition) is 7. The van der Waals surface area contributed by atoms with Crippen molar-refractivity contribution >= 4 is 28.3 Å². The zero-order chi connectivity index (χ0) is 19.9. The molecule has 0 spiro atoms. The lowest BCUT2D eigenvalue weighted by molar-refractivity contribution is 0.00578. The summed E-state index contributed by atoms with van der Waals surface area (Å²) in [5, 5.41) is 0. The minimum atomic E-state index is -3.46. The quantitative estimate of drug-likeness (QED) is 0.778. The molecule has 1 aliphatic heterocycles. The summed E-state index contributed by atoms with van der Waals surface area (Å²) in [6.07, 6.45) is 5.63. The Bertz CT molecular complexity index is 919. The van der Waals surface area contributed by atoms with Crippen LogP contribution in [0.3, 0.4) is 0 Å². The first kappa shape index (κ1) is 19.6. The molecule has 0 amide bonds. The second-order valence-electron chi connectivity index (χ2n) is 7.37. The second kappa shape index (κ2) is 6.77. The summed E-state index contributed by atoms with van der Waals surface area (Å²) in [5.41, 5.74) is -0.362. The fourth-order valence-electron chi connectivity index (χ4n) is 2.48. The number of rotatable bonds is 5. The van der Waals surface area contributed by atoms with Crippen LogP contribution in [0.4, 0.5) is 5.69 Å². The van der Waals surface area contributed by atoms with Gasteiger partial charge in [0.1, 0.15) is 5.75 Å². The molecule has 0 unspecified atom stereocenters. The monoisotopic (exact) mass is 391 g/mol. The Balaban J connectivity index is 2.01. The van der Waals surface area contributed by atoms with Crippen LogP contribution in [-0.2, 0) is 19.3 Å². The van der Waals surface area contributed by atoms with Gasteiger partial charge in [0.2, 0.25) is 15.9 Å². The standard InChI is InChI=1S/C17H22BN3O5S/c1-16(2)17(3,4)26-18(25-16)14-9-12(21-27(5,22)23)10-20-15(14)24-13-7-6-8-19-11-13/h6-11,21H,1-5H3. The average molecular weight is 391 g/mol. The van der Waals surface area contributed by atoms with E-state index in [-0.39, 0.29) is 5.88 Å². The zero-order valence-corrected chi connectivity index (χ0v) is 16.7. The molecule has 0 radical (unpaired) electrons. The number of sulfonamides is 1. The van der Waals surface area contributed by atoms with E-state index in [9.17, 15) is 8.42 Å². The van der Waals surface area contributed by atoms with Gasteiger partial charge < -0.3 is 14.0 Å². The van der Waals surface area contributed by atoms with E-state index >= 15 is 0 Å². The lowest BCUT2D eigenvalue weighted by atomic mass is 9.79. The highest BCUT2D eigenvalue weighted by molar-refractivity contribution is 7.92. The highest BCUT2D eigenvalue weighted by Gasteiger charge is 2.52. The van der Waals surface area contributed by atoms with Gasteiger partial charge in [0, 0.05) is 11.7 Å². The molecule has 0 aromatic carbocycles. The summed E-state index contributed by atoms with van der Waals surface area (Å²) in [5.74, 6) is 0.743. The van der Waals surface area contributed by atoms with Crippen molar-refractivity contribution in [2.24, 2.45) is 0 Å². The van der Waals surface area contributed by atoms with Gasteiger partial charge in [0.25, 0.3) is 0 Å². The number of ether oxygens (including phenoxy) is 1. The molecule has 8 nitrogen and oxygen atoms in total. The Morgan fingerprint density at radius 2 is 1.81 bits per heavy atom. The number of nitrogens with zero attached hydrogens (tertiary/aromatic N) is 2. The molecule has 0 aliphatic carbocycles. The SMILES string of the molecule is CC1(C)OB(c2cc(NS(C)(=O)=O)cnc2Oc2cccnc2)OC1(C)C. The van der Waals surface area contributed by atoms with E-state index in [0.717, 1.165) is 6.26 Å². The van der Waals surface area contributed by atoms with Gasteiger partial charge in [0.05, 0.1) is 35.5 Å². The van der Waals surface area contributed by atoms with Gasteiger partial charge in [-0.3, -0.25) is 9.71 Å². The summed E-state index contributed by atoms with van der Waals surface area (Å²) in [6, 6.07) is 5.08. The first-order valence-electron chi connectivity index (χ1n) is 8.38. The van der Waals surface area contributed by atoms with Crippen molar-refractivity contribution in [2.45, 2.75) is 38.9 Å². The molecule has 3 heterocycles. The van der Waals surface area contributed by atoms with Crippen LogP contribution in [0.25, 0.3) is 0 Å². The Kier molecular flexibility index (Phi) is 4.92. The van der Waals surface area contributed by atoms with Gasteiger partial charge in [-0.1, -0.05) is 0 Å². The molecule has 0 atom stereocenters. The van der Waals surface area contributed by atoms with Crippen molar-refractivity contribution in [2.75, 3.05) is 11.0 Å². The lowest BCUT2D eigenvalue weighted by Gasteiger charge is -2.32. The molecule has 0 saturated carbocycles. The molecule has 144 valence electrons. The zero-order valence-electron chi connectivity index (χ0n) is 15.9. The maximum Gasteiger partial charge on any atom is 0.500 e. The van der Waals surface area contributed by atoms with Gasteiger partial charge in [0.15, 0.2) is 0 Å². The van der Waals surface area contributed by atoms with E-state index in [0.29, 0.717) is 16.9 Å². The van der Waals surface area contributed by atoms with E-state index < -0.39 is 28.3 Å². The van der Waals surface area contributed by atoms with E-state index in [1.165, 1.54) is 6.20 Å². The molecule has 1 aliphatic rings. The molecule has 3 rings (SSSR count). The number of aromatic nitrogens is 2. The highest BCUT2D eigenvalue weighted by atomic mass is 32.2. The lowest BCUT2D eigenvalue weighted by Crippen LogP contribution is -2.41. The van der Waals surface area contributed by atoms with Crippen molar-refractivity contribution in [3.63, 3.8) is 0 Å². The largest absolute Gasteiger partial charge is 0.500 e. The molecule has 2 aromatic heterocycles. The van der Waals surface area contributed by atoms with E-state index in [1.54, 1.807) is 30.6 Å². The molecule has 1 fully saturated rings. The Hall–Kier alpha value is -2.17. The van der Waals surface area contributed by atoms with Crippen molar-refractivity contribution in [1.82, 2.24) is 9.97 Å². The first-order chi connectivity index (χ1) is 12.5. The number of anilines is 1. The van der Waals surface area contributed by atoms with Crippen LogP contribution in [0.5, 0.6) is 11.6 Å². The molecule has 10 heteroatoms. The van der Waals surface area contributed by atoms with Gasteiger partial charge in [-0.25, -0.2) is 13.4 Å². The summed E-state index contributed by atoms with van der Waals surface area (Å²) in [7, 11) is -4.23. The smallest absolute Gasteiger partial charge is 0.438 e.